The van der Waals surface area contributed by atoms with Crippen molar-refractivity contribution in [2.24, 2.45) is 10.8 Å². The second-order valence-corrected chi connectivity index (χ2v) is 9.94. The Bertz CT molecular complexity index is 683. The molecule has 27 heavy (non-hydrogen) atoms. The van der Waals surface area contributed by atoms with Gasteiger partial charge in [-0.3, -0.25) is 9.59 Å². The summed E-state index contributed by atoms with van der Waals surface area (Å²) in [5.41, 5.74) is 5.87. The summed E-state index contributed by atoms with van der Waals surface area (Å²) in [6.45, 7) is 13.4. The molecule has 0 atom stereocenters. The maximum absolute atomic E-state index is 12.4. The van der Waals surface area contributed by atoms with Gasteiger partial charge >= 0.3 is 0 Å². The van der Waals surface area contributed by atoms with Gasteiger partial charge in [0, 0.05) is 6.42 Å². The van der Waals surface area contributed by atoms with Crippen molar-refractivity contribution in [1.29, 1.82) is 0 Å². The molecule has 2 rings (SSSR count). The number of rotatable bonds is 7. The molecule has 0 N–H and O–H groups in total. The summed E-state index contributed by atoms with van der Waals surface area (Å²) in [6, 6.07) is 0. The molecule has 0 aromatic rings. The van der Waals surface area contributed by atoms with E-state index in [1.165, 1.54) is 41.6 Å². The number of carbonyl (C=O) groups excluding carboxylic acids is 2. The van der Waals surface area contributed by atoms with E-state index in [2.05, 4.69) is 41.5 Å². The highest BCUT2D eigenvalue weighted by molar-refractivity contribution is 6.04. The highest BCUT2D eigenvalue weighted by atomic mass is 16.1. The van der Waals surface area contributed by atoms with E-state index in [0.29, 0.717) is 6.42 Å². The maximum Gasteiger partial charge on any atom is 0.163 e. The van der Waals surface area contributed by atoms with Crippen LogP contribution >= 0.6 is 0 Å². The number of allylic oxidation sites excluding steroid dienone is 6. The van der Waals surface area contributed by atoms with E-state index in [1.807, 2.05) is 6.08 Å². The number of Topliss-reactive ketones (excluding diaryl/α,β-unsaturated/α-hetero) is 1. The van der Waals surface area contributed by atoms with Crippen LogP contribution in [0.15, 0.2) is 34.4 Å². The minimum atomic E-state index is -0.0599. The van der Waals surface area contributed by atoms with Crippen molar-refractivity contribution < 1.29 is 9.59 Å². The van der Waals surface area contributed by atoms with Gasteiger partial charge in [-0.15, -0.1) is 0 Å². The Morgan fingerprint density at radius 1 is 0.926 bits per heavy atom. The van der Waals surface area contributed by atoms with Gasteiger partial charge < -0.3 is 0 Å². The number of hydrogen-bond donors (Lipinski definition) is 0. The highest BCUT2D eigenvalue weighted by Gasteiger charge is 2.29. The summed E-state index contributed by atoms with van der Waals surface area (Å²) in [7, 11) is 0. The molecule has 0 aromatic heterocycles. The molecule has 150 valence electrons. The number of carbonyl (C=O) groups is 2. The molecule has 0 bridgehead atoms. The first kappa shape index (κ1) is 21.9. The molecule has 2 aliphatic rings. The molecular weight excluding hydrogens is 332 g/mol. The summed E-state index contributed by atoms with van der Waals surface area (Å²) in [4.78, 5) is 24.7. The van der Waals surface area contributed by atoms with Crippen molar-refractivity contribution in [3.8, 4) is 0 Å². The van der Waals surface area contributed by atoms with Crippen LogP contribution in [0.25, 0.3) is 0 Å². The second kappa shape index (κ2) is 8.71. The molecule has 0 saturated heterocycles. The zero-order valence-electron chi connectivity index (χ0n) is 18.3. The van der Waals surface area contributed by atoms with Crippen molar-refractivity contribution in [2.45, 2.75) is 99.3 Å². The van der Waals surface area contributed by atoms with Crippen LogP contribution < -0.4 is 0 Å². The largest absolute Gasteiger partial charge is 0.299 e. The van der Waals surface area contributed by atoms with Crippen LogP contribution in [0.3, 0.4) is 0 Å². The van der Waals surface area contributed by atoms with Crippen LogP contribution in [0.1, 0.15) is 99.3 Å². The van der Waals surface area contributed by atoms with Crippen molar-refractivity contribution >= 4 is 11.6 Å². The Balaban J connectivity index is 1.92. The number of ketones is 2. The standard InChI is InChI=1S/C25H38O2/c1-18-9-7-15-24(3,4)22(18)13-11-20(26)17-21(27)12-14-23-19(2)10-8-16-25(23,5)6/h11,13H,7-10,12,14-17H2,1-6H3. The van der Waals surface area contributed by atoms with E-state index in [9.17, 15) is 9.59 Å². The topological polar surface area (TPSA) is 34.1 Å². The minimum Gasteiger partial charge on any atom is -0.299 e. The van der Waals surface area contributed by atoms with Crippen molar-refractivity contribution in [3.05, 3.63) is 34.4 Å². The van der Waals surface area contributed by atoms with Crippen molar-refractivity contribution in [2.75, 3.05) is 0 Å². The lowest BCUT2D eigenvalue weighted by molar-refractivity contribution is -0.124. The lowest BCUT2D eigenvalue weighted by Crippen LogP contribution is -2.21. The third kappa shape index (κ3) is 5.77. The van der Waals surface area contributed by atoms with Gasteiger partial charge in [-0.2, -0.15) is 0 Å². The Hall–Kier alpha value is -1.44. The first-order chi connectivity index (χ1) is 12.5. The van der Waals surface area contributed by atoms with E-state index in [0.717, 1.165) is 25.7 Å². The molecule has 0 radical (unpaired) electrons. The lowest BCUT2D eigenvalue weighted by atomic mass is 9.71. The summed E-state index contributed by atoms with van der Waals surface area (Å²) < 4.78 is 0. The van der Waals surface area contributed by atoms with Gasteiger partial charge in [0.1, 0.15) is 5.78 Å². The van der Waals surface area contributed by atoms with Crippen LogP contribution in [0.5, 0.6) is 0 Å². The molecule has 0 unspecified atom stereocenters. The molecule has 0 heterocycles. The van der Waals surface area contributed by atoms with Gasteiger partial charge in [-0.25, -0.2) is 0 Å². The fraction of sp³-hybridized carbons (Fsp3) is 0.680. The van der Waals surface area contributed by atoms with Gasteiger partial charge in [-0.05, 0) is 81.3 Å². The number of hydrogen-bond acceptors (Lipinski definition) is 2. The van der Waals surface area contributed by atoms with Crippen LogP contribution in [-0.4, -0.2) is 11.6 Å². The smallest absolute Gasteiger partial charge is 0.163 e. The van der Waals surface area contributed by atoms with Gasteiger partial charge in [0.25, 0.3) is 0 Å². The van der Waals surface area contributed by atoms with Crippen LogP contribution in [0, 0.1) is 10.8 Å². The van der Waals surface area contributed by atoms with Crippen LogP contribution in [-0.2, 0) is 9.59 Å². The Kier molecular flexibility index (Phi) is 7.05. The Labute approximate surface area is 166 Å². The van der Waals surface area contributed by atoms with Gasteiger partial charge in [0.2, 0.25) is 0 Å². The van der Waals surface area contributed by atoms with Crippen LogP contribution in [0.4, 0.5) is 0 Å². The quantitative estimate of drug-likeness (QED) is 0.277. The molecule has 2 nitrogen and oxygen atoms in total. The summed E-state index contributed by atoms with van der Waals surface area (Å²) in [6.07, 6.45) is 12.0. The van der Waals surface area contributed by atoms with Gasteiger partial charge in [0.15, 0.2) is 5.78 Å². The van der Waals surface area contributed by atoms with E-state index in [1.54, 1.807) is 6.08 Å². The lowest BCUT2D eigenvalue weighted by Gasteiger charge is -2.34. The Morgan fingerprint density at radius 3 is 2.11 bits per heavy atom. The monoisotopic (exact) mass is 370 g/mol. The SMILES string of the molecule is CC1=C(C=CC(=O)CC(=O)CCC2=C(C)CCCC2(C)C)C(C)(C)CCC1. The third-order valence-electron chi connectivity index (χ3n) is 6.69. The average Bonchev–Trinajstić information content (AvgIpc) is 2.52. The normalized spacial score (nSPS) is 22.4. The summed E-state index contributed by atoms with van der Waals surface area (Å²) >= 11 is 0. The third-order valence-corrected chi connectivity index (χ3v) is 6.69. The average molecular weight is 371 g/mol. The first-order valence-electron chi connectivity index (χ1n) is 10.6. The fourth-order valence-corrected chi connectivity index (χ4v) is 5.02. The molecule has 0 saturated carbocycles. The molecule has 0 amide bonds. The summed E-state index contributed by atoms with van der Waals surface area (Å²) in [5, 5.41) is 0. The maximum atomic E-state index is 12.4. The summed E-state index contributed by atoms with van der Waals surface area (Å²) in [5.74, 6) is 0.00945. The minimum absolute atomic E-state index is 0.0377. The Morgan fingerprint density at radius 2 is 1.52 bits per heavy atom. The van der Waals surface area contributed by atoms with E-state index in [4.69, 9.17) is 0 Å². The first-order valence-corrected chi connectivity index (χ1v) is 10.6. The highest BCUT2D eigenvalue weighted by Crippen LogP contribution is 2.42. The van der Waals surface area contributed by atoms with Crippen molar-refractivity contribution in [1.82, 2.24) is 0 Å². The zero-order valence-corrected chi connectivity index (χ0v) is 18.3. The zero-order chi connectivity index (χ0) is 20.2. The van der Waals surface area contributed by atoms with Crippen molar-refractivity contribution in [3.63, 3.8) is 0 Å². The molecule has 2 aliphatic carbocycles. The molecular formula is C25H38O2. The molecule has 0 aliphatic heterocycles. The van der Waals surface area contributed by atoms with E-state index in [-0.39, 0.29) is 28.8 Å². The van der Waals surface area contributed by atoms with E-state index >= 15 is 0 Å². The fourth-order valence-electron chi connectivity index (χ4n) is 5.02. The molecule has 0 aromatic carbocycles. The molecule has 0 spiro atoms. The van der Waals surface area contributed by atoms with Gasteiger partial charge in [-0.1, -0.05) is 50.5 Å². The van der Waals surface area contributed by atoms with E-state index < -0.39 is 0 Å². The second-order valence-electron chi connectivity index (χ2n) is 9.94. The predicted molar refractivity (Wildman–Crippen MR) is 114 cm³/mol. The molecule has 0 fully saturated rings. The molecule has 2 heteroatoms. The predicted octanol–water partition coefficient (Wildman–Crippen LogP) is 6.90. The van der Waals surface area contributed by atoms with Crippen LogP contribution in [0.2, 0.25) is 0 Å². The van der Waals surface area contributed by atoms with Gasteiger partial charge in [0.05, 0.1) is 6.42 Å².